The van der Waals surface area contributed by atoms with Crippen molar-refractivity contribution in [2.75, 3.05) is 0 Å². The highest BCUT2D eigenvalue weighted by Crippen LogP contribution is 2.56. The molecule has 0 amide bonds. The van der Waals surface area contributed by atoms with Gasteiger partial charge in [-0.25, -0.2) is 0 Å². The van der Waals surface area contributed by atoms with Gasteiger partial charge in [0.25, 0.3) is 0 Å². The number of hydrogen-bond acceptors (Lipinski definition) is 0. The molecule has 0 nitrogen and oxygen atoms in total. The summed E-state index contributed by atoms with van der Waals surface area (Å²) in [5.41, 5.74) is 8.09. The SMILES string of the molecule is C.C.C.C1=CC(C2(c3ccccc3)c3ccccc3-c3ccccc32)=CCC1. The van der Waals surface area contributed by atoms with Crippen LogP contribution in [0.2, 0.25) is 0 Å². The minimum absolute atomic E-state index is 0. The fourth-order valence-electron chi connectivity index (χ4n) is 4.60. The maximum Gasteiger partial charge on any atom is 0.0710 e. The van der Waals surface area contributed by atoms with Crippen LogP contribution in [0, 0.1) is 0 Å². The second-order valence-corrected chi connectivity index (χ2v) is 6.85. The number of benzene rings is 3. The van der Waals surface area contributed by atoms with E-state index in [1.54, 1.807) is 0 Å². The van der Waals surface area contributed by atoms with E-state index in [0.717, 1.165) is 12.8 Å². The van der Waals surface area contributed by atoms with Crippen LogP contribution in [0.5, 0.6) is 0 Å². The lowest BCUT2D eigenvalue weighted by molar-refractivity contribution is 0.751. The van der Waals surface area contributed by atoms with Gasteiger partial charge < -0.3 is 0 Å². The molecule has 0 N–H and O–H groups in total. The molecule has 0 bridgehead atoms. The summed E-state index contributed by atoms with van der Waals surface area (Å²) in [6.45, 7) is 0. The maximum absolute atomic E-state index is 2.44. The molecule has 0 fully saturated rings. The summed E-state index contributed by atoms with van der Waals surface area (Å²) in [4.78, 5) is 0. The topological polar surface area (TPSA) is 0 Å². The van der Waals surface area contributed by atoms with Crippen molar-refractivity contribution >= 4 is 0 Å². The Hall–Kier alpha value is -2.86. The van der Waals surface area contributed by atoms with Gasteiger partial charge in [0.2, 0.25) is 0 Å². The summed E-state index contributed by atoms with van der Waals surface area (Å²) in [5, 5.41) is 0. The molecule has 3 aromatic carbocycles. The summed E-state index contributed by atoms with van der Waals surface area (Å²) >= 11 is 0. The van der Waals surface area contributed by atoms with Crippen LogP contribution >= 0.6 is 0 Å². The Labute approximate surface area is 171 Å². The number of rotatable bonds is 2. The van der Waals surface area contributed by atoms with Crippen molar-refractivity contribution in [2.45, 2.75) is 40.5 Å². The van der Waals surface area contributed by atoms with Gasteiger partial charge in [0.1, 0.15) is 0 Å². The van der Waals surface area contributed by atoms with Crippen LogP contribution in [0.1, 0.15) is 51.8 Å². The summed E-state index contributed by atoms with van der Waals surface area (Å²) < 4.78 is 0. The van der Waals surface area contributed by atoms with Crippen molar-refractivity contribution in [1.29, 1.82) is 0 Å². The zero-order chi connectivity index (χ0) is 16.7. The van der Waals surface area contributed by atoms with Gasteiger partial charge in [-0.15, -0.1) is 0 Å². The van der Waals surface area contributed by atoms with Crippen molar-refractivity contribution in [1.82, 2.24) is 0 Å². The number of allylic oxidation sites excluding steroid dienone is 4. The van der Waals surface area contributed by atoms with Crippen LogP contribution in [-0.4, -0.2) is 0 Å². The van der Waals surface area contributed by atoms with Crippen molar-refractivity contribution in [3.05, 3.63) is 119 Å². The van der Waals surface area contributed by atoms with E-state index in [4.69, 9.17) is 0 Å². The lowest BCUT2D eigenvalue weighted by atomic mass is 9.66. The van der Waals surface area contributed by atoms with Crippen LogP contribution in [0.15, 0.2) is 103 Å². The van der Waals surface area contributed by atoms with E-state index in [-0.39, 0.29) is 27.7 Å². The zero-order valence-corrected chi connectivity index (χ0v) is 14.2. The van der Waals surface area contributed by atoms with Crippen LogP contribution in [0.3, 0.4) is 0 Å². The molecule has 0 atom stereocenters. The highest BCUT2D eigenvalue weighted by molar-refractivity contribution is 5.86. The van der Waals surface area contributed by atoms with Gasteiger partial charge in [0.05, 0.1) is 5.41 Å². The van der Waals surface area contributed by atoms with Gasteiger partial charge in [-0.3, -0.25) is 0 Å². The lowest BCUT2D eigenvalue weighted by Gasteiger charge is -2.35. The van der Waals surface area contributed by atoms with Crippen LogP contribution in [0.25, 0.3) is 11.1 Å². The summed E-state index contributed by atoms with van der Waals surface area (Å²) in [7, 11) is 0. The minimum atomic E-state index is -0.203. The molecule has 0 unspecified atom stereocenters. The Kier molecular flexibility index (Phi) is 6.46. The normalized spacial score (nSPS) is 15.1. The highest BCUT2D eigenvalue weighted by atomic mass is 14.5. The minimum Gasteiger partial charge on any atom is -0.0839 e. The zero-order valence-electron chi connectivity index (χ0n) is 14.2. The maximum atomic E-state index is 2.44. The molecule has 2 aliphatic rings. The van der Waals surface area contributed by atoms with Crippen LogP contribution in [0.4, 0.5) is 0 Å². The van der Waals surface area contributed by atoms with Crippen molar-refractivity contribution in [3.8, 4) is 11.1 Å². The summed E-state index contributed by atoms with van der Waals surface area (Å²) in [5.74, 6) is 0. The molecule has 0 saturated carbocycles. The smallest absolute Gasteiger partial charge is 0.0710 e. The molecule has 144 valence electrons. The fraction of sp³-hybridized carbons (Fsp3) is 0.214. The average molecular weight is 369 g/mol. The Morgan fingerprint density at radius 3 is 1.64 bits per heavy atom. The third-order valence-corrected chi connectivity index (χ3v) is 5.59. The monoisotopic (exact) mass is 368 g/mol. The molecule has 3 aromatic rings. The van der Waals surface area contributed by atoms with E-state index in [2.05, 4.69) is 97.1 Å². The fourth-order valence-corrected chi connectivity index (χ4v) is 4.60. The molecule has 0 radical (unpaired) electrons. The molecule has 0 heterocycles. The Bertz CT molecular complexity index is 944. The van der Waals surface area contributed by atoms with Crippen molar-refractivity contribution < 1.29 is 0 Å². The standard InChI is InChI=1S/C25H20.3CH4/c1-3-11-19(12-4-1)25(20-13-5-2-6-14-20)23-17-9-7-15-21(23)22-16-8-10-18-24(22)25;;;/h1,3-5,7-18H,2,6H2;3*1H4. The Morgan fingerprint density at radius 2 is 1.11 bits per heavy atom. The van der Waals surface area contributed by atoms with E-state index >= 15 is 0 Å². The molecule has 0 aromatic heterocycles. The Morgan fingerprint density at radius 1 is 0.571 bits per heavy atom. The number of hydrogen-bond donors (Lipinski definition) is 0. The predicted molar refractivity (Wildman–Crippen MR) is 125 cm³/mol. The predicted octanol–water partition coefficient (Wildman–Crippen LogP) is 8.19. The largest absolute Gasteiger partial charge is 0.0839 e. The molecule has 5 rings (SSSR count). The average Bonchev–Trinajstić information content (AvgIpc) is 3.01. The van der Waals surface area contributed by atoms with E-state index in [0.29, 0.717) is 0 Å². The van der Waals surface area contributed by atoms with Crippen LogP contribution in [-0.2, 0) is 5.41 Å². The quantitative estimate of drug-likeness (QED) is 0.428. The third kappa shape index (κ3) is 2.85. The first-order valence-electron chi connectivity index (χ1n) is 9.04. The first kappa shape index (κ1) is 21.4. The molecule has 28 heavy (non-hydrogen) atoms. The third-order valence-electron chi connectivity index (χ3n) is 5.59. The summed E-state index contributed by atoms with van der Waals surface area (Å²) in [6, 6.07) is 28.8. The molecule has 0 aliphatic heterocycles. The van der Waals surface area contributed by atoms with Gasteiger partial charge in [0.15, 0.2) is 0 Å². The highest BCUT2D eigenvalue weighted by Gasteiger charge is 2.46. The second kappa shape index (κ2) is 8.44. The molecular formula is C28H32. The number of fused-ring (bicyclic) bond motifs is 3. The summed E-state index contributed by atoms with van der Waals surface area (Å²) in [6.07, 6.45) is 9.35. The first-order valence-corrected chi connectivity index (χ1v) is 9.04. The lowest BCUT2D eigenvalue weighted by Crippen LogP contribution is -2.29. The molecule has 0 spiro atoms. The van der Waals surface area contributed by atoms with Crippen LogP contribution < -0.4 is 0 Å². The van der Waals surface area contributed by atoms with Crippen molar-refractivity contribution in [3.63, 3.8) is 0 Å². The van der Waals surface area contributed by atoms with Gasteiger partial charge in [-0.2, -0.15) is 0 Å². The van der Waals surface area contributed by atoms with Gasteiger partial charge in [0, 0.05) is 0 Å². The molecular weight excluding hydrogens is 336 g/mol. The van der Waals surface area contributed by atoms with E-state index in [9.17, 15) is 0 Å². The van der Waals surface area contributed by atoms with E-state index < -0.39 is 0 Å². The van der Waals surface area contributed by atoms with Crippen molar-refractivity contribution in [2.24, 2.45) is 0 Å². The second-order valence-electron chi connectivity index (χ2n) is 6.85. The molecule has 0 saturated heterocycles. The van der Waals surface area contributed by atoms with Gasteiger partial charge in [-0.05, 0) is 46.2 Å². The first-order chi connectivity index (χ1) is 12.4. The van der Waals surface area contributed by atoms with E-state index in [1.165, 1.54) is 33.4 Å². The molecule has 0 heteroatoms. The molecule has 2 aliphatic carbocycles. The van der Waals surface area contributed by atoms with Gasteiger partial charge in [-0.1, -0.05) is 119 Å². The van der Waals surface area contributed by atoms with Gasteiger partial charge >= 0.3 is 0 Å². The van der Waals surface area contributed by atoms with E-state index in [1.807, 2.05) is 0 Å². The Balaban J connectivity index is 0.000000934.